The van der Waals surface area contributed by atoms with E-state index in [9.17, 15) is 4.79 Å². The molecule has 7 heteroatoms. The van der Waals surface area contributed by atoms with Gasteiger partial charge in [-0.15, -0.1) is 0 Å². The normalized spacial score (nSPS) is 15.1. The molecule has 0 aromatic carbocycles. The largest absolute Gasteiger partial charge is 0.351 e. The van der Waals surface area contributed by atoms with Gasteiger partial charge in [0.05, 0.1) is 17.0 Å². The number of nitrogens with zero attached hydrogens (tertiary/aromatic N) is 5. The van der Waals surface area contributed by atoms with E-state index in [2.05, 4.69) is 38.1 Å². The molecule has 1 amide bonds. The fourth-order valence-electron chi connectivity index (χ4n) is 2.98. The van der Waals surface area contributed by atoms with Crippen LogP contribution in [0.1, 0.15) is 40.3 Å². The van der Waals surface area contributed by atoms with Gasteiger partial charge in [0.15, 0.2) is 0 Å². The molecule has 1 saturated carbocycles. The lowest BCUT2D eigenvalue weighted by Crippen LogP contribution is -2.33. The highest BCUT2D eigenvalue weighted by atomic mass is 16.1. The Labute approximate surface area is 148 Å². The lowest BCUT2D eigenvalue weighted by molar-refractivity contribution is 0.0941. The van der Waals surface area contributed by atoms with Crippen molar-refractivity contribution in [1.82, 2.24) is 25.1 Å². The smallest absolute Gasteiger partial charge is 0.254 e. The highest BCUT2D eigenvalue weighted by Crippen LogP contribution is 2.46. The Morgan fingerprint density at radius 3 is 2.56 bits per heavy atom. The molecule has 2 heterocycles. The first-order valence-corrected chi connectivity index (χ1v) is 8.60. The van der Waals surface area contributed by atoms with E-state index >= 15 is 0 Å². The van der Waals surface area contributed by atoms with Crippen LogP contribution in [0, 0.1) is 26.2 Å². The molecule has 2 aromatic heterocycles. The minimum atomic E-state index is -0.109. The molecule has 1 fully saturated rings. The van der Waals surface area contributed by atoms with Crippen molar-refractivity contribution in [3.8, 4) is 0 Å². The van der Waals surface area contributed by atoms with Crippen molar-refractivity contribution in [1.29, 1.82) is 0 Å². The second kappa shape index (κ2) is 6.46. The van der Waals surface area contributed by atoms with Crippen LogP contribution < -0.4 is 10.2 Å². The highest BCUT2D eigenvalue weighted by Gasteiger charge is 2.43. The maximum absolute atomic E-state index is 12.5. The molecule has 3 rings (SSSR count). The average Bonchev–Trinajstić information content (AvgIpc) is 3.24. The van der Waals surface area contributed by atoms with Gasteiger partial charge in [-0.25, -0.2) is 9.97 Å². The fraction of sp³-hybridized carbons (Fsp3) is 0.556. The minimum Gasteiger partial charge on any atom is -0.351 e. The van der Waals surface area contributed by atoms with Gasteiger partial charge in [-0.1, -0.05) is 0 Å². The topological polar surface area (TPSA) is 75.9 Å². The maximum Gasteiger partial charge on any atom is 0.254 e. The van der Waals surface area contributed by atoms with Crippen LogP contribution in [0.15, 0.2) is 12.3 Å². The van der Waals surface area contributed by atoms with Gasteiger partial charge in [-0.2, -0.15) is 5.10 Å². The Bertz CT molecular complexity index is 791. The molecule has 25 heavy (non-hydrogen) atoms. The minimum absolute atomic E-state index is 0.109. The van der Waals surface area contributed by atoms with E-state index in [1.807, 2.05) is 32.8 Å². The number of aromatic nitrogens is 4. The van der Waals surface area contributed by atoms with Crippen LogP contribution in [0.25, 0.3) is 0 Å². The Kier molecular flexibility index (Phi) is 4.49. The molecule has 1 N–H and O–H groups in total. The first-order chi connectivity index (χ1) is 11.8. The van der Waals surface area contributed by atoms with Crippen molar-refractivity contribution in [3.63, 3.8) is 0 Å². The summed E-state index contributed by atoms with van der Waals surface area (Å²) >= 11 is 0. The zero-order chi connectivity index (χ0) is 18.2. The second-order valence-corrected chi connectivity index (χ2v) is 7.33. The number of hydrogen-bond donors (Lipinski definition) is 1. The van der Waals surface area contributed by atoms with Crippen molar-refractivity contribution >= 4 is 11.9 Å². The third-order valence-corrected chi connectivity index (χ3v) is 4.78. The summed E-state index contributed by atoms with van der Waals surface area (Å²) in [4.78, 5) is 23.0. The summed E-state index contributed by atoms with van der Waals surface area (Å²) < 4.78 is 2.05. The first-order valence-electron chi connectivity index (χ1n) is 8.60. The molecule has 7 nitrogen and oxygen atoms in total. The van der Waals surface area contributed by atoms with Crippen LogP contribution in [0.4, 0.5) is 5.95 Å². The lowest BCUT2D eigenvalue weighted by Gasteiger charge is -2.18. The van der Waals surface area contributed by atoms with Crippen LogP contribution in [-0.2, 0) is 6.54 Å². The molecule has 0 bridgehead atoms. The Morgan fingerprint density at radius 2 is 2.04 bits per heavy atom. The zero-order valence-electron chi connectivity index (χ0n) is 15.6. The Morgan fingerprint density at radius 1 is 1.32 bits per heavy atom. The third kappa shape index (κ3) is 3.81. The van der Waals surface area contributed by atoms with Gasteiger partial charge in [-0.05, 0) is 39.7 Å². The summed E-state index contributed by atoms with van der Waals surface area (Å²) in [6.45, 7) is 7.42. The molecule has 0 aliphatic heterocycles. The van der Waals surface area contributed by atoms with Gasteiger partial charge >= 0.3 is 0 Å². The van der Waals surface area contributed by atoms with Crippen LogP contribution in [-0.4, -0.2) is 46.3 Å². The number of rotatable bonds is 6. The monoisotopic (exact) mass is 342 g/mol. The maximum atomic E-state index is 12.5. The molecule has 0 radical (unpaired) electrons. The van der Waals surface area contributed by atoms with E-state index in [1.165, 1.54) is 5.69 Å². The van der Waals surface area contributed by atoms with E-state index in [4.69, 9.17) is 0 Å². The molecule has 1 aliphatic rings. The predicted molar refractivity (Wildman–Crippen MR) is 96.8 cm³/mol. The number of anilines is 1. The Hall–Kier alpha value is -2.44. The number of nitrogens with one attached hydrogen (secondary N) is 1. The fourth-order valence-corrected chi connectivity index (χ4v) is 2.98. The van der Waals surface area contributed by atoms with Crippen molar-refractivity contribution in [2.45, 2.75) is 40.2 Å². The lowest BCUT2D eigenvalue weighted by atomic mass is 10.1. The standard InChI is InChI=1S/C18H26N6O/c1-12-8-13(2)24(22-12)11-18(6-7-18)10-20-16(25)15-9-19-17(23(4)5)21-14(15)3/h8-9H,6-7,10-11H2,1-5H3,(H,20,25). The van der Waals surface area contributed by atoms with Crippen molar-refractivity contribution < 1.29 is 4.79 Å². The summed E-state index contributed by atoms with van der Waals surface area (Å²) in [5, 5.41) is 7.60. The van der Waals surface area contributed by atoms with Crippen LogP contribution in [0.3, 0.4) is 0 Å². The van der Waals surface area contributed by atoms with Crippen molar-refractivity contribution in [3.05, 3.63) is 34.9 Å². The van der Waals surface area contributed by atoms with Gasteiger partial charge in [0, 0.05) is 44.5 Å². The Balaban J connectivity index is 1.63. The van der Waals surface area contributed by atoms with Crippen LogP contribution >= 0.6 is 0 Å². The molecule has 134 valence electrons. The average molecular weight is 342 g/mol. The van der Waals surface area contributed by atoms with Gasteiger partial charge in [0.2, 0.25) is 5.95 Å². The molecule has 1 aliphatic carbocycles. The molecule has 0 unspecified atom stereocenters. The summed E-state index contributed by atoms with van der Waals surface area (Å²) in [5.74, 6) is 0.500. The SMILES string of the molecule is Cc1cc(C)n(CC2(CNC(=O)c3cnc(N(C)C)nc3C)CC2)n1. The van der Waals surface area contributed by atoms with E-state index in [0.29, 0.717) is 23.8 Å². The molecule has 0 spiro atoms. The first kappa shape index (κ1) is 17.4. The van der Waals surface area contributed by atoms with E-state index in [1.54, 1.807) is 6.20 Å². The molecular formula is C18H26N6O. The number of amides is 1. The van der Waals surface area contributed by atoms with Gasteiger partial charge < -0.3 is 10.2 Å². The highest BCUT2D eigenvalue weighted by molar-refractivity contribution is 5.95. The molecule has 2 aromatic rings. The number of hydrogen-bond acceptors (Lipinski definition) is 5. The van der Waals surface area contributed by atoms with E-state index < -0.39 is 0 Å². The summed E-state index contributed by atoms with van der Waals surface area (Å²) in [6.07, 6.45) is 3.83. The number of aryl methyl sites for hydroxylation is 3. The van der Waals surface area contributed by atoms with Crippen molar-refractivity contribution in [2.75, 3.05) is 25.5 Å². The summed E-state index contributed by atoms with van der Waals surface area (Å²) in [5.41, 5.74) is 3.55. The van der Waals surface area contributed by atoms with E-state index in [-0.39, 0.29) is 11.3 Å². The van der Waals surface area contributed by atoms with Crippen molar-refractivity contribution in [2.24, 2.45) is 5.41 Å². The molecule has 0 atom stereocenters. The zero-order valence-corrected chi connectivity index (χ0v) is 15.6. The quantitative estimate of drug-likeness (QED) is 0.867. The van der Waals surface area contributed by atoms with Gasteiger partial charge in [0.25, 0.3) is 5.91 Å². The predicted octanol–water partition coefficient (Wildman–Crippen LogP) is 1.87. The second-order valence-electron chi connectivity index (χ2n) is 7.33. The van der Waals surface area contributed by atoms with Crippen LogP contribution in [0.2, 0.25) is 0 Å². The molecule has 0 saturated heterocycles. The van der Waals surface area contributed by atoms with Gasteiger partial charge in [-0.3, -0.25) is 9.48 Å². The summed E-state index contributed by atoms with van der Waals surface area (Å²) in [6, 6.07) is 2.08. The number of carbonyl (C=O) groups is 1. The van der Waals surface area contributed by atoms with E-state index in [0.717, 1.165) is 25.1 Å². The van der Waals surface area contributed by atoms with Gasteiger partial charge in [0.1, 0.15) is 0 Å². The summed E-state index contributed by atoms with van der Waals surface area (Å²) in [7, 11) is 3.76. The molecular weight excluding hydrogens is 316 g/mol. The number of carbonyl (C=O) groups excluding carboxylic acids is 1. The third-order valence-electron chi connectivity index (χ3n) is 4.78. The van der Waals surface area contributed by atoms with Crippen LogP contribution in [0.5, 0.6) is 0 Å².